The van der Waals surface area contributed by atoms with Crippen LogP contribution >= 0.6 is 11.6 Å². The van der Waals surface area contributed by atoms with Crippen molar-refractivity contribution in [2.75, 3.05) is 18.5 Å². The van der Waals surface area contributed by atoms with Gasteiger partial charge in [-0.25, -0.2) is 0 Å². The van der Waals surface area contributed by atoms with E-state index >= 15 is 0 Å². The number of nitrogens with one attached hydrogen (secondary N) is 1. The maximum atomic E-state index is 12.4. The highest BCUT2D eigenvalue weighted by atomic mass is 35.5. The van der Waals surface area contributed by atoms with E-state index in [0.29, 0.717) is 36.8 Å². The van der Waals surface area contributed by atoms with Crippen molar-refractivity contribution in [3.63, 3.8) is 0 Å². The first-order chi connectivity index (χ1) is 13.4. The van der Waals surface area contributed by atoms with Crippen LogP contribution in [0.25, 0.3) is 0 Å². The van der Waals surface area contributed by atoms with E-state index in [1.165, 1.54) is 0 Å². The number of anilines is 1. The number of aryl methyl sites for hydroxylation is 3. The first kappa shape index (κ1) is 22.1. The molecule has 0 aliphatic rings. The first-order valence-corrected chi connectivity index (χ1v) is 10.3. The molecule has 0 saturated carbocycles. The van der Waals surface area contributed by atoms with Gasteiger partial charge in [0.25, 0.3) is 0 Å². The fraction of sp³-hybridized carbons (Fsp3) is 0.435. The predicted molar refractivity (Wildman–Crippen MR) is 116 cm³/mol. The minimum absolute atomic E-state index is 0.0601. The van der Waals surface area contributed by atoms with Crippen LogP contribution in [0.15, 0.2) is 30.3 Å². The Bertz CT molecular complexity index is 781. The van der Waals surface area contributed by atoms with Crippen molar-refractivity contribution in [1.29, 1.82) is 0 Å². The Morgan fingerprint density at radius 3 is 2.54 bits per heavy atom. The zero-order valence-corrected chi connectivity index (χ0v) is 18.0. The quantitative estimate of drug-likeness (QED) is 0.487. The lowest BCUT2D eigenvalue weighted by Gasteiger charge is -2.14. The highest BCUT2D eigenvalue weighted by molar-refractivity contribution is 6.34. The van der Waals surface area contributed by atoms with Gasteiger partial charge in [-0.05, 0) is 68.5 Å². The molecule has 0 atom stereocenters. The maximum absolute atomic E-state index is 12.4. The van der Waals surface area contributed by atoms with Gasteiger partial charge in [0.15, 0.2) is 11.5 Å². The molecule has 2 rings (SSSR count). The lowest BCUT2D eigenvalue weighted by Crippen LogP contribution is -2.13. The minimum atomic E-state index is -0.0601. The molecule has 1 amide bonds. The van der Waals surface area contributed by atoms with Crippen LogP contribution in [-0.2, 0) is 11.2 Å². The third-order valence-electron chi connectivity index (χ3n) is 4.40. The number of hydrogen-bond acceptors (Lipinski definition) is 3. The van der Waals surface area contributed by atoms with Crippen molar-refractivity contribution in [3.05, 3.63) is 52.0 Å². The highest BCUT2D eigenvalue weighted by Gasteiger charge is 2.11. The molecule has 0 radical (unpaired) electrons. The van der Waals surface area contributed by atoms with Crippen LogP contribution < -0.4 is 14.8 Å². The largest absolute Gasteiger partial charge is 0.490 e. The van der Waals surface area contributed by atoms with Crippen molar-refractivity contribution in [2.24, 2.45) is 0 Å². The second-order valence-corrected chi connectivity index (χ2v) is 7.31. The molecule has 2 aromatic carbocycles. The van der Waals surface area contributed by atoms with Gasteiger partial charge in [-0.1, -0.05) is 37.1 Å². The van der Waals surface area contributed by atoms with Crippen LogP contribution in [-0.4, -0.2) is 19.1 Å². The van der Waals surface area contributed by atoms with Gasteiger partial charge in [-0.2, -0.15) is 0 Å². The number of halogens is 1. The second-order valence-electron chi connectivity index (χ2n) is 6.90. The fourth-order valence-electron chi connectivity index (χ4n) is 2.96. The molecule has 0 fully saturated rings. The van der Waals surface area contributed by atoms with Crippen LogP contribution in [0.5, 0.6) is 11.5 Å². The number of carbonyl (C=O) groups excluding carboxylic acids is 1. The van der Waals surface area contributed by atoms with E-state index in [1.54, 1.807) is 0 Å². The number of carbonyl (C=O) groups is 1. The molecule has 0 aromatic heterocycles. The molecule has 0 aliphatic carbocycles. The minimum Gasteiger partial charge on any atom is -0.490 e. The van der Waals surface area contributed by atoms with Gasteiger partial charge in [0.1, 0.15) is 0 Å². The third-order valence-corrected chi connectivity index (χ3v) is 4.70. The van der Waals surface area contributed by atoms with Gasteiger partial charge >= 0.3 is 0 Å². The number of hydrogen-bond donors (Lipinski definition) is 1. The fourth-order valence-corrected chi connectivity index (χ4v) is 3.32. The zero-order chi connectivity index (χ0) is 20.5. The molecule has 0 bridgehead atoms. The summed E-state index contributed by atoms with van der Waals surface area (Å²) in [5, 5.41) is 3.50. The summed E-state index contributed by atoms with van der Waals surface area (Å²) in [5.41, 5.74) is 3.76. The topological polar surface area (TPSA) is 47.6 Å². The Labute approximate surface area is 173 Å². The van der Waals surface area contributed by atoms with E-state index in [2.05, 4.69) is 12.2 Å². The van der Waals surface area contributed by atoms with Crippen molar-refractivity contribution >= 4 is 23.2 Å². The van der Waals surface area contributed by atoms with E-state index in [0.717, 1.165) is 41.0 Å². The van der Waals surface area contributed by atoms with Crippen molar-refractivity contribution in [2.45, 2.75) is 53.4 Å². The average molecular weight is 404 g/mol. The molecule has 0 spiro atoms. The predicted octanol–water partition coefficient (Wildman–Crippen LogP) is 6.11. The molecular weight excluding hydrogens is 374 g/mol. The van der Waals surface area contributed by atoms with E-state index in [1.807, 2.05) is 51.1 Å². The van der Waals surface area contributed by atoms with Crippen LogP contribution in [0.4, 0.5) is 5.69 Å². The average Bonchev–Trinajstić information content (AvgIpc) is 2.65. The van der Waals surface area contributed by atoms with E-state index < -0.39 is 0 Å². The standard InChI is InChI=1S/C23H30ClNO3/c1-5-7-12-28-20-10-8-18(15-21(20)27-6-2)9-11-22(26)25-23-17(4)13-16(3)14-19(23)24/h8,10,13-15H,5-7,9,11-12H2,1-4H3,(H,25,26). The Hall–Kier alpha value is -2.20. The van der Waals surface area contributed by atoms with E-state index in [4.69, 9.17) is 21.1 Å². The van der Waals surface area contributed by atoms with Gasteiger partial charge in [0.05, 0.1) is 23.9 Å². The first-order valence-electron chi connectivity index (χ1n) is 9.89. The number of benzene rings is 2. The summed E-state index contributed by atoms with van der Waals surface area (Å²) in [6, 6.07) is 9.74. The highest BCUT2D eigenvalue weighted by Crippen LogP contribution is 2.30. The van der Waals surface area contributed by atoms with Crippen molar-refractivity contribution in [3.8, 4) is 11.5 Å². The normalized spacial score (nSPS) is 10.6. The summed E-state index contributed by atoms with van der Waals surface area (Å²) in [4.78, 5) is 12.4. The van der Waals surface area contributed by atoms with E-state index in [-0.39, 0.29) is 5.91 Å². The van der Waals surface area contributed by atoms with Crippen molar-refractivity contribution < 1.29 is 14.3 Å². The van der Waals surface area contributed by atoms with Crippen LogP contribution in [0, 0.1) is 13.8 Å². The monoisotopic (exact) mass is 403 g/mol. The lowest BCUT2D eigenvalue weighted by molar-refractivity contribution is -0.116. The van der Waals surface area contributed by atoms with Gasteiger partial charge in [0.2, 0.25) is 5.91 Å². The van der Waals surface area contributed by atoms with Crippen LogP contribution in [0.2, 0.25) is 5.02 Å². The number of unbranched alkanes of at least 4 members (excludes halogenated alkanes) is 1. The zero-order valence-electron chi connectivity index (χ0n) is 17.2. The number of rotatable bonds is 10. The summed E-state index contributed by atoms with van der Waals surface area (Å²) in [5.74, 6) is 1.43. The third kappa shape index (κ3) is 6.45. The van der Waals surface area contributed by atoms with Gasteiger partial charge in [-0.3, -0.25) is 4.79 Å². The van der Waals surface area contributed by atoms with E-state index in [9.17, 15) is 4.79 Å². The van der Waals surface area contributed by atoms with Gasteiger partial charge in [-0.15, -0.1) is 0 Å². The van der Waals surface area contributed by atoms with Gasteiger partial charge < -0.3 is 14.8 Å². The summed E-state index contributed by atoms with van der Waals surface area (Å²) >= 11 is 6.28. The smallest absolute Gasteiger partial charge is 0.224 e. The Balaban J connectivity index is 1.99. The van der Waals surface area contributed by atoms with Crippen LogP contribution in [0.3, 0.4) is 0 Å². The summed E-state index contributed by atoms with van der Waals surface area (Å²) in [7, 11) is 0. The second kappa shape index (κ2) is 11.0. The maximum Gasteiger partial charge on any atom is 0.224 e. The molecule has 0 unspecified atom stereocenters. The summed E-state index contributed by atoms with van der Waals surface area (Å²) in [6.45, 7) is 9.25. The summed E-state index contributed by atoms with van der Waals surface area (Å²) < 4.78 is 11.5. The Morgan fingerprint density at radius 2 is 1.86 bits per heavy atom. The lowest BCUT2D eigenvalue weighted by atomic mass is 10.1. The van der Waals surface area contributed by atoms with Crippen LogP contribution in [0.1, 0.15) is 49.8 Å². The molecule has 28 heavy (non-hydrogen) atoms. The molecule has 0 aliphatic heterocycles. The molecule has 0 heterocycles. The molecule has 0 saturated heterocycles. The molecule has 4 nitrogen and oxygen atoms in total. The van der Waals surface area contributed by atoms with Gasteiger partial charge in [0, 0.05) is 6.42 Å². The molecular formula is C23H30ClNO3. The molecule has 152 valence electrons. The SMILES string of the molecule is CCCCOc1ccc(CCC(=O)Nc2c(C)cc(C)cc2Cl)cc1OCC. The molecule has 2 aromatic rings. The summed E-state index contributed by atoms with van der Waals surface area (Å²) in [6.07, 6.45) is 3.07. The number of ether oxygens (including phenoxy) is 2. The number of amides is 1. The Morgan fingerprint density at radius 1 is 1.07 bits per heavy atom. The van der Waals surface area contributed by atoms with Crippen molar-refractivity contribution in [1.82, 2.24) is 0 Å². The molecule has 5 heteroatoms. The molecule has 1 N–H and O–H groups in total. The Kier molecular flexibility index (Phi) is 8.65.